The van der Waals surface area contributed by atoms with E-state index in [0.717, 1.165) is 5.92 Å². The van der Waals surface area contributed by atoms with Gasteiger partial charge in [0.25, 0.3) is 0 Å². The van der Waals surface area contributed by atoms with Gasteiger partial charge in [-0.25, -0.2) is 0 Å². The first-order valence-corrected chi connectivity index (χ1v) is 10.2. The van der Waals surface area contributed by atoms with Crippen molar-refractivity contribution in [2.45, 2.75) is 64.7 Å². The van der Waals surface area contributed by atoms with Gasteiger partial charge in [0.15, 0.2) is 0 Å². The molecule has 0 nitrogen and oxygen atoms in total. The van der Waals surface area contributed by atoms with E-state index in [2.05, 4.69) is 42.8 Å². The van der Waals surface area contributed by atoms with Crippen molar-refractivity contribution in [2.75, 3.05) is 0 Å². The molecule has 116 valence electrons. The molecule has 4 aliphatic carbocycles. The van der Waals surface area contributed by atoms with Crippen molar-refractivity contribution in [1.29, 1.82) is 0 Å². The molecule has 4 aliphatic rings. The lowest BCUT2D eigenvalue weighted by Gasteiger charge is -2.66. The Kier molecular flexibility index (Phi) is 3.23. The molecule has 1 heterocycles. The van der Waals surface area contributed by atoms with E-state index in [1.54, 1.807) is 0 Å². The number of halogens is 2. The van der Waals surface area contributed by atoms with Crippen LogP contribution in [0.4, 0.5) is 0 Å². The molecular formula is C18H24BrClS. The maximum Gasteiger partial charge on any atom is 0.0746 e. The molecule has 1 aromatic rings. The molecule has 0 amide bonds. The van der Waals surface area contributed by atoms with E-state index in [1.165, 1.54) is 52.8 Å². The third-order valence-electron chi connectivity index (χ3n) is 6.27. The van der Waals surface area contributed by atoms with Crippen LogP contribution < -0.4 is 0 Å². The molecule has 1 aromatic heterocycles. The van der Waals surface area contributed by atoms with Crippen molar-refractivity contribution in [2.24, 2.45) is 22.2 Å². The van der Waals surface area contributed by atoms with E-state index in [4.69, 9.17) is 11.6 Å². The van der Waals surface area contributed by atoms with Crippen LogP contribution in [0.2, 0.25) is 0 Å². The van der Waals surface area contributed by atoms with Crippen LogP contribution in [0.3, 0.4) is 0 Å². The molecule has 3 atom stereocenters. The van der Waals surface area contributed by atoms with Crippen LogP contribution in [-0.4, -0.2) is 0 Å². The van der Waals surface area contributed by atoms with Gasteiger partial charge in [0.05, 0.1) is 5.38 Å². The average molecular weight is 388 g/mol. The van der Waals surface area contributed by atoms with Crippen molar-refractivity contribution in [3.05, 3.63) is 20.3 Å². The minimum absolute atomic E-state index is 0.188. The first-order valence-electron chi connectivity index (χ1n) is 8.13. The molecule has 4 bridgehead atoms. The van der Waals surface area contributed by atoms with Gasteiger partial charge in [0, 0.05) is 14.2 Å². The van der Waals surface area contributed by atoms with E-state index >= 15 is 0 Å². The summed E-state index contributed by atoms with van der Waals surface area (Å²) in [6.45, 7) is 7.25. The van der Waals surface area contributed by atoms with Gasteiger partial charge in [-0.05, 0) is 89.6 Å². The zero-order chi connectivity index (χ0) is 15.0. The normalized spacial score (nSPS) is 46.0. The highest BCUT2D eigenvalue weighted by Gasteiger charge is 2.62. The zero-order valence-electron chi connectivity index (χ0n) is 13.1. The first kappa shape index (κ1) is 15.0. The van der Waals surface area contributed by atoms with Gasteiger partial charge in [0.2, 0.25) is 0 Å². The minimum Gasteiger partial charge on any atom is -0.143 e. The fourth-order valence-corrected chi connectivity index (χ4v) is 9.40. The second kappa shape index (κ2) is 4.51. The zero-order valence-corrected chi connectivity index (χ0v) is 16.3. The van der Waals surface area contributed by atoms with E-state index < -0.39 is 0 Å². The van der Waals surface area contributed by atoms with Crippen LogP contribution in [0, 0.1) is 29.1 Å². The summed E-state index contributed by atoms with van der Waals surface area (Å²) in [5, 5.41) is 0.188. The summed E-state index contributed by atoms with van der Waals surface area (Å²) in [6, 6.07) is 2.24. The molecule has 4 saturated carbocycles. The molecule has 3 unspecified atom stereocenters. The monoisotopic (exact) mass is 386 g/mol. The van der Waals surface area contributed by atoms with E-state index in [9.17, 15) is 0 Å². The number of alkyl halides is 1. The Morgan fingerprint density at radius 1 is 1.19 bits per heavy atom. The number of thiophene rings is 1. The average Bonchev–Trinajstić information content (AvgIpc) is 2.62. The van der Waals surface area contributed by atoms with Gasteiger partial charge in [0.1, 0.15) is 0 Å². The third kappa shape index (κ3) is 2.27. The van der Waals surface area contributed by atoms with E-state index in [-0.39, 0.29) is 5.38 Å². The van der Waals surface area contributed by atoms with Crippen molar-refractivity contribution in [3.63, 3.8) is 0 Å². The topological polar surface area (TPSA) is 0 Å². The molecular weight excluding hydrogens is 364 g/mol. The van der Waals surface area contributed by atoms with Gasteiger partial charge in [-0.1, -0.05) is 13.8 Å². The maximum absolute atomic E-state index is 7.15. The third-order valence-corrected chi connectivity index (χ3v) is 9.12. The smallest absolute Gasteiger partial charge is 0.0746 e. The fraction of sp³-hybridized carbons (Fsp3) is 0.778. The Bertz CT molecular complexity index is 574. The molecule has 4 fully saturated rings. The van der Waals surface area contributed by atoms with Gasteiger partial charge >= 0.3 is 0 Å². The Labute approximate surface area is 145 Å². The summed E-state index contributed by atoms with van der Waals surface area (Å²) < 4.78 is 1.23. The molecule has 0 spiro atoms. The molecule has 0 radical (unpaired) electrons. The number of hydrogen-bond acceptors (Lipinski definition) is 1. The minimum atomic E-state index is 0.188. The highest BCUT2D eigenvalue weighted by molar-refractivity contribution is 9.10. The Morgan fingerprint density at radius 3 is 2.29 bits per heavy atom. The van der Waals surface area contributed by atoms with Crippen LogP contribution in [0.5, 0.6) is 0 Å². The molecule has 0 aliphatic heterocycles. The predicted molar refractivity (Wildman–Crippen MR) is 95.2 cm³/mol. The summed E-state index contributed by atoms with van der Waals surface area (Å²) >= 11 is 12.8. The highest BCUT2D eigenvalue weighted by atomic mass is 79.9. The Hall–Kier alpha value is 0.470. The lowest BCUT2D eigenvalue weighted by molar-refractivity contribution is -0.146. The highest BCUT2D eigenvalue weighted by Crippen LogP contribution is 2.73. The molecule has 5 rings (SSSR count). The van der Waals surface area contributed by atoms with Crippen LogP contribution in [-0.2, 0) is 0 Å². The summed E-state index contributed by atoms with van der Waals surface area (Å²) in [6.07, 6.45) is 8.34. The number of rotatable bonds is 2. The van der Waals surface area contributed by atoms with Crippen LogP contribution in [0.25, 0.3) is 0 Å². The second-order valence-corrected chi connectivity index (χ2v) is 11.5. The molecule has 0 saturated heterocycles. The predicted octanol–water partition coefficient (Wildman–Crippen LogP) is 7.10. The largest absolute Gasteiger partial charge is 0.143 e. The van der Waals surface area contributed by atoms with Crippen molar-refractivity contribution in [3.8, 4) is 0 Å². The Morgan fingerprint density at radius 2 is 1.81 bits per heavy atom. The van der Waals surface area contributed by atoms with Crippen molar-refractivity contribution < 1.29 is 0 Å². The van der Waals surface area contributed by atoms with E-state index in [0.29, 0.717) is 16.2 Å². The van der Waals surface area contributed by atoms with Crippen molar-refractivity contribution in [1.82, 2.24) is 0 Å². The first-order chi connectivity index (χ1) is 9.73. The second-order valence-electron chi connectivity index (χ2n) is 8.92. The van der Waals surface area contributed by atoms with Gasteiger partial charge in [-0.3, -0.25) is 0 Å². The maximum atomic E-state index is 7.15. The Balaban J connectivity index is 1.75. The van der Waals surface area contributed by atoms with Crippen LogP contribution in [0.1, 0.15) is 67.5 Å². The van der Waals surface area contributed by atoms with Crippen LogP contribution in [0.15, 0.2) is 10.5 Å². The quantitative estimate of drug-likeness (QED) is 0.475. The molecule has 3 heteroatoms. The SMILES string of the molecule is Cc1cc(Br)c(C(Cl)C23CC4CC(C)(CC(C)(C4)C2)C3)s1. The molecule has 0 N–H and O–H groups in total. The summed E-state index contributed by atoms with van der Waals surface area (Å²) in [4.78, 5) is 2.74. The lowest BCUT2D eigenvalue weighted by Crippen LogP contribution is -2.56. The summed E-state index contributed by atoms with van der Waals surface area (Å²) in [5.41, 5.74) is 1.42. The molecule has 21 heavy (non-hydrogen) atoms. The van der Waals surface area contributed by atoms with Gasteiger partial charge in [-0.2, -0.15) is 0 Å². The molecule has 0 aromatic carbocycles. The number of aryl methyl sites for hydroxylation is 1. The van der Waals surface area contributed by atoms with E-state index in [1.807, 2.05) is 11.3 Å². The fourth-order valence-electron chi connectivity index (χ4n) is 6.77. The van der Waals surface area contributed by atoms with Gasteiger partial charge < -0.3 is 0 Å². The van der Waals surface area contributed by atoms with Crippen molar-refractivity contribution >= 4 is 38.9 Å². The lowest BCUT2D eigenvalue weighted by atomic mass is 9.39. The summed E-state index contributed by atoms with van der Waals surface area (Å²) in [7, 11) is 0. The number of hydrogen-bond donors (Lipinski definition) is 0. The van der Waals surface area contributed by atoms with Crippen LogP contribution >= 0.6 is 38.9 Å². The standard InChI is InChI=1S/C18H24BrClS/c1-11-4-13(19)14(21-11)15(20)18-7-12-5-16(2,9-18)8-17(3,6-12)10-18/h4,12,15H,5-10H2,1-3H3. The van der Waals surface area contributed by atoms with Gasteiger partial charge in [-0.15, -0.1) is 22.9 Å². The summed E-state index contributed by atoms with van der Waals surface area (Å²) in [5.74, 6) is 0.914.